The zero-order chi connectivity index (χ0) is 24.8. The van der Waals surface area contributed by atoms with E-state index < -0.39 is 48.3 Å². The second-order valence-corrected chi connectivity index (χ2v) is 12.1. The predicted octanol–water partition coefficient (Wildman–Crippen LogP) is 1.42. The van der Waals surface area contributed by atoms with Gasteiger partial charge in [-0.15, -0.1) is 0 Å². The minimum Gasteiger partial charge on any atom is -0.468 e. The normalized spacial score (nSPS) is 23.2. The molecule has 0 unspecified atom stereocenters. The fraction of sp³-hybridized carbons (Fsp3) is 0.684. The molecule has 33 heavy (non-hydrogen) atoms. The van der Waals surface area contributed by atoms with E-state index in [1.54, 1.807) is 13.8 Å². The highest BCUT2D eigenvalue weighted by atomic mass is 32.7. The average molecular weight is 508 g/mol. The molecule has 1 aromatic rings. The molecule has 0 bridgehead atoms. The molecule has 1 aliphatic heterocycles. The number of esters is 2. The van der Waals surface area contributed by atoms with E-state index in [-0.39, 0.29) is 24.4 Å². The third kappa shape index (κ3) is 8.11. The van der Waals surface area contributed by atoms with Crippen molar-refractivity contribution < 1.29 is 32.9 Å². The van der Waals surface area contributed by atoms with Crippen LogP contribution in [0.1, 0.15) is 40.3 Å². The number of nitrogens with one attached hydrogen (secondary N) is 2. The molecule has 186 valence electrons. The number of aromatic nitrogens is 2. The number of hydrogen-bond acceptors (Lipinski definition) is 10. The lowest BCUT2D eigenvalue weighted by molar-refractivity contribution is -0.149. The molecule has 2 heterocycles. The number of methoxy groups -OCH3 is 1. The smallest absolute Gasteiger partial charge is 0.330 e. The monoisotopic (exact) mass is 507 g/mol. The van der Waals surface area contributed by atoms with E-state index in [9.17, 15) is 23.7 Å². The molecule has 0 amide bonds. The summed E-state index contributed by atoms with van der Waals surface area (Å²) < 4.78 is 35.9. The second kappa shape index (κ2) is 12.0. The standard InChI is InChI=1S/C19H30N3O9PS/c1-11(2)30-18(25)13(4)21-32(27,33-10-16(24)28-5)29-9-14-8-12(3)17(31-14)22-7-6-15(23)20-19(22)26/h6-7,11-14,17H,8-10H2,1-5H3,(H,21,27)(H,20,23,26)/t12-,13-,14-,17+,32-/m0/s1. The van der Waals surface area contributed by atoms with Crippen LogP contribution in [0.5, 0.6) is 0 Å². The molecule has 14 heteroatoms. The largest absolute Gasteiger partial charge is 0.468 e. The van der Waals surface area contributed by atoms with Crippen molar-refractivity contribution in [1.82, 2.24) is 14.6 Å². The van der Waals surface area contributed by atoms with Crippen molar-refractivity contribution in [3.05, 3.63) is 33.1 Å². The van der Waals surface area contributed by atoms with Crippen molar-refractivity contribution in [1.29, 1.82) is 0 Å². The molecule has 2 N–H and O–H groups in total. The molecule has 0 radical (unpaired) electrons. The molecular weight excluding hydrogens is 477 g/mol. The molecule has 1 aliphatic rings. The number of carbonyl (C=O) groups excluding carboxylic acids is 2. The van der Waals surface area contributed by atoms with Gasteiger partial charge in [-0.2, -0.15) is 0 Å². The van der Waals surface area contributed by atoms with E-state index in [2.05, 4.69) is 14.8 Å². The van der Waals surface area contributed by atoms with Gasteiger partial charge in [-0.05, 0) is 38.6 Å². The Morgan fingerprint density at radius 2 is 2.06 bits per heavy atom. The van der Waals surface area contributed by atoms with Gasteiger partial charge in [-0.3, -0.25) is 28.5 Å². The summed E-state index contributed by atoms with van der Waals surface area (Å²) in [6, 6.07) is 0.264. The Morgan fingerprint density at radius 1 is 1.36 bits per heavy atom. The lowest BCUT2D eigenvalue weighted by atomic mass is 10.1. The molecule has 1 aromatic heterocycles. The zero-order valence-corrected chi connectivity index (χ0v) is 20.9. The van der Waals surface area contributed by atoms with Crippen LogP contribution in [0, 0.1) is 5.92 Å². The summed E-state index contributed by atoms with van der Waals surface area (Å²) in [5.41, 5.74) is -1.11. The number of nitrogens with zero attached hydrogens (tertiary/aromatic N) is 1. The molecule has 5 atom stereocenters. The first-order valence-corrected chi connectivity index (χ1v) is 13.6. The second-order valence-electron chi connectivity index (χ2n) is 7.86. The van der Waals surface area contributed by atoms with Gasteiger partial charge in [0, 0.05) is 18.2 Å². The van der Waals surface area contributed by atoms with E-state index in [4.69, 9.17) is 14.0 Å². The third-order valence-electron chi connectivity index (χ3n) is 4.65. The first-order valence-electron chi connectivity index (χ1n) is 10.3. The minimum absolute atomic E-state index is 0.0998. The van der Waals surface area contributed by atoms with Crippen LogP contribution in [0.25, 0.3) is 0 Å². The van der Waals surface area contributed by atoms with Crippen molar-refractivity contribution in [2.75, 3.05) is 19.5 Å². The Hall–Kier alpha value is -1.92. The van der Waals surface area contributed by atoms with E-state index in [1.807, 2.05) is 6.92 Å². The molecule has 0 aromatic carbocycles. The maximum absolute atomic E-state index is 13.4. The van der Waals surface area contributed by atoms with Gasteiger partial charge in [0.25, 0.3) is 5.56 Å². The Morgan fingerprint density at radius 3 is 2.67 bits per heavy atom. The van der Waals surface area contributed by atoms with Crippen molar-refractivity contribution in [3.63, 3.8) is 0 Å². The molecule has 0 spiro atoms. The summed E-state index contributed by atoms with van der Waals surface area (Å²) in [7, 11) is 1.21. The molecule has 2 rings (SSSR count). The number of rotatable bonds is 11. The van der Waals surface area contributed by atoms with Crippen LogP contribution in [0.4, 0.5) is 0 Å². The number of aromatic amines is 1. The first kappa shape index (κ1) is 27.3. The average Bonchev–Trinajstić information content (AvgIpc) is 3.10. The molecule has 0 saturated carbocycles. The van der Waals surface area contributed by atoms with Gasteiger partial charge >= 0.3 is 24.3 Å². The highest BCUT2D eigenvalue weighted by Gasteiger charge is 2.37. The molecule has 12 nitrogen and oxygen atoms in total. The van der Waals surface area contributed by atoms with Gasteiger partial charge in [0.1, 0.15) is 18.0 Å². The fourth-order valence-corrected chi connectivity index (χ4v) is 6.60. The SMILES string of the molecule is COC(=O)CS[P@](=O)(N[C@@H](C)C(=O)OC(C)C)OC[C@@H]1C[C@H](C)[C@H](n2ccc(=O)[nH]c2=O)O1. The van der Waals surface area contributed by atoms with Crippen molar-refractivity contribution in [2.24, 2.45) is 5.92 Å². The summed E-state index contributed by atoms with van der Waals surface area (Å²) >= 11 is 0.696. The minimum atomic E-state index is -3.75. The van der Waals surface area contributed by atoms with Crippen molar-refractivity contribution >= 4 is 30.0 Å². The van der Waals surface area contributed by atoms with Crippen molar-refractivity contribution in [3.8, 4) is 0 Å². The van der Waals surface area contributed by atoms with Crippen LogP contribution in [0.3, 0.4) is 0 Å². The third-order valence-corrected chi connectivity index (χ3v) is 8.58. The number of hydrogen-bond donors (Lipinski definition) is 2. The Bertz CT molecular complexity index is 995. The molecule has 1 fully saturated rings. The maximum Gasteiger partial charge on any atom is 0.330 e. The fourth-order valence-electron chi connectivity index (χ4n) is 3.11. The summed E-state index contributed by atoms with van der Waals surface area (Å²) in [5, 5.41) is 2.63. The van der Waals surface area contributed by atoms with E-state index >= 15 is 0 Å². The number of H-pyrrole nitrogens is 1. The molecule has 1 saturated heterocycles. The van der Waals surface area contributed by atoms with Crippen LogP contribution in [-0.4, -0.2) is 59.2 Å². The van der Waals surface area contributed by atoms with Gasteiger partial charge in [0.15, 0.2) is 0 Å². The molecule has 0 aliphatic carbocycles. The van der Waals surface area contributed by atoms with Gasteiger partial charge in [-0.25, -0.2) is 9.88 Å². The maximum atomic E-state index is 13.4. The highest BCUT2D eigenvalue weighted by molar-refractivity contribution is 8.56. The van der Waals surface area contributed by atoms with Gasteiger partial charge in [0.2, 0.25) is 0 Å². The Kier molecular flexibility index (Phi) is 9.92. The quantitative estimate of drug-likeness (QED) is 0.330. The number of carbonyl (C=O) groups is 2. The van der Waals surface area contributed by atoms with Crippen LogP contribution < -0.4 is 16.3 Å². The van der Waals surface area contributed by atoms with Crippen LogP contribution in [0.2, 0.25) is 0 Å². The van der Waals surface area contributed by atoms with Crippen LogP contribution >= 0.6 is 18.1 Å². The summed E-state index contributed by atoms with van der Waals surface area (Å²) in [6.45, 7) is 2.86. The summed E-state index contributed by atoms with van der Waals surface area (Å²) in [6.07, 6.45) is 0.328. The van der Waals surface area contributed by atoms with Gasteiger partial charge in [-0.1, -0.05) is 6.92 Å². The van der Waals surface area contributed by atoms with E-state index in [0.717, 1.165) is 0 Å². The van der Waals surface area contributed by atoms with E-state index in [0.29, 0.717) is 17.8 Å². The summed E-state index contributed by atoms with van der Waals surface area (Å²) in [4.78, 5) is 49.3. The van der Waals surface area contributed by atoms with Gasteiger partial charge < -0.3 is 18.7 Å². The topological polar surface area (TPSA) is 155 Å². The summed E-state index contributed by atoms with van der Waals surface area (Å²) in [5.74, 6) is -1.58. The molecular formula is C19H30N3O9PS. The van der Waals surface area contributed by atoms with Crippen LogP contribution in [-0.2, 0) is 32.9 Å². The van der Waals surface area contributed by atoms with E-state index in [1.165, 1.54) is 30.9 Å². The number of ether oxygens (including phenoxy) is 3. The zero-order valence-electron chi connectivity index (χ0n) is 19.1. The lowest BCUT2D eigenvalue weighted by Gasteiger charge is -2.24. The Labute approximate surface area is 195 Å². The Balaban J connectivity index is 2.07. The van der Waals surface area contributed by atoms with Crippen LogP contribution in [0.15, 0.2) is 21.9 Å². The lowest BCUT2D eigenvalue weighted by Crippen LogP contribution is -2.35. The predicted molar refractivity (Wildman–Crippen MR) is 121 cm³/mol. The van der Waals surface area contributed by atoms with Gasteiger partial charge in [0.05, 0.1) is 25.9 Å². The first-order chi connectivity index (χ1) is 15.4. The highest BCUT2D eigenvalue weighted by Crippen LogP contribution is 2.56. The van der Waals surface area contributed by atoms with Crippen molar-refractivity contribution in [2.45, 2.75) is 58.6 Å².